The fourth-order valence-electron chi connectivity index (χ4n) is 4.39. The van der Waals surface area contributed by atoms with Crippen molar-refractivity contribution in [2.75, 3.05) is 17.3 Å². The third kappa shape index (κ3) is 4.94. The van der Waals surface area contributed by atoms with Gasteiger partial charge >= 0.3 is 5.97 Å². The van der Waals surface area contributed by atoms with Crippen molar-refractivity contribution in [1.29, 1.82) is 5.26 Å². The number of hydrogen-bond acceptors (Lipinski definition) is 10. The summed E-state index contributed by atoms with van der Waals surface area (Å²) in [6.07, 6.45) is 0.836. The molecule has 1 aliphatic carbocycles. The van der Waals surface area contributed by atoms with Gasteiger partial charge < -0.3 is 10.5 Å². The Morgan fingerprint density at radius 2 is 2.06 bits per heavy atom. The van der Waals surface area contributed by atoms with Crippen LogP contribution in [0.2, 0.25) is 0 Å². The summed E-state index contributed by atoms with van der Waals surface area (Å²) in [5.74, 6) is -1.30. The molecule has 0 radical (unpaired) electrons. The fourth-order valence-corrected chi connectivity index (χ4v) is 6.07. The molecule has 8 nitrogen and oxygen atoms in total. The second-order valence-corrected chi connectivity index (χ2v) is 11.2. The number of aromatic nitrogens is 2. The van der Waals surface area contributed by atoms with Crippen molar-refractivity contribution in [3.05, 3.63) is 58.3 Å². The fraction of sp³-hybridized carbons (Fsp3) is 0.375. The predicted molar refractivity (Wildman–Crippen MR) is 131 cm³/mol. The number of thioether (sulfide) groups is 1. The highest BCUT2D eigenvalue weighted by Crippen LogP contribution is 2.50. The van der Waals surface area contributed by atoms with Gasteiger partial charge in [-0.05, 0) is 36.5 Å². The summed E-state index contributed by atoms with van der Waals surface area (Å²) in [4.78, 5) is 26.8. The molecule has 4 rings (SSSR count). The van der Waals surface area contributed by atoms with Crippen LogP contribution in [0.15, 0.2) is 51.3 Å². The number of Topliss-reactive ketones (excluding diaryl/α,β-unsaturated/α-hetero) is 1. The van der Waals surface area contributed by atoms with E-state index in [-0.39, 0.29) is 34.3 Å². The van der Waals surface area contributed by atoms with E-state index in [1.807, 2.05) is 13.8 Å². The molecule has 0 saturated heterocycles. The average Bonchev–Trinajstić information content (AvgIpc) is 3.25. The molecule has 182 valence electrons. The Kier molecular flexibility index (Phi) is 6.96. The summed E-state index contributed by atoms with van der Waals surface area (Å²) in [5, 5.41) is 18.9. The molecule has 35 heavy (non-hydrogen) atoms. The minimum Gasteiger partial charge on any atom is -0.465 e. The number of nitrogens with zero attached hydrogens (tertiary/aromatic N) is 4. The molecular weight excluding hydrogens is 489 g/mol. The Balaban J connectivity index is 1.80. The molecule has 0 bridgehead atoms. The number of halogens is 1. The molecule has 1 aromatic heterocycles. The van der Waals surface area contributed by atoms with Crippen LogP contribution in [-0.4, -0.2) is 34.3 Å². The highest BCUT2D eigenvalue weighted by atomic mass is 32.2. The number of carbonyl (C=O) groups is 2. The summed E-state index contributed by atoms with van der Waals surface area (Å²) >= 11 is 2.40. The van der Waals surface area contributed by atoms with Gasteiger partial charge in [0.2, 0.25) is 5.13 Å². The first-order valence-electron chi connectivity index (χ1n) is 11.0. The quantitative estimate of drug-likeness (QED) is 0.445. The Morgan fingerprint density at radius 3 is 2.71 bits per heavy atom. The van der Waals surface area contributed by atoms with E-state index in [1.54, 1.807) is 24.0 Å². The largest absolute Gasteiger partial charge is 0.465 e. The lowest BCUT2D eigenvalue weighted by atomic mass is 9.69. The number of anilines is 1. The van der Waals surface area contributed by atoms with E-state index in [1.165, 1.54) is 35.2 Å². The van der Waals surface area contributed by atoms with Crippen LogP contribution in [0, 0.1) is 22.6 Å². The lowest BCUT2D eigenvalue weighted by molar-refractivity contribution is -0.139. The summed E-state index contributed by atoms with van der Waals surface area (Å²) in [6.45, 7) is 6.03. The number of benzene rings is 1. The molecule has 2 aromatic rings. The first kappa shape index (κ1) is 24.9. The van der Waals surface area contributed by atoms with Crippen molar-refractivity contribution in [2.24, 2.45) is 11.1 Å². The lowest BCUT2D eigenvalue weighted by Crippen LogP contribution is -2.42. The first-order chi connectivity index (χ1) is 16.6. The third-order valence-corrected chi connectivity index (χ3v) is 7.81. The Hall–Kier alpha value is -3.23. The van der Waals surface area contributed by atoms with E-state index in [9.17, 15) is 19.2 Å². The summed E-state index contributed by atoms with van der Waals surface area (Å²) in [5.41, 5.74) is 8.17. The molecule has 1 unspecified atom stereocenters. The number of rotatable bonds is 6. The van der Waals surface area contributed by atoms with E-state index >= 15 is 0 Å². The molecule has 0 fully saturated rings. The summed E-state index contributed by atoms with van der Waals surface area (Å²) in [7, 11) is 0. The SMILES string of the molecule is CCOC(=O)CSc1nnc(N2C(N)=C(C#N)C(c3ccc(F)cc3)C3=C2CC(C)(C)CC3=O)s1. The predicted octanol–water partition coefficient (Wildman–Crippen LogP) is 4.27. The third-order valence-electron chi connectivity index (χ3n) is 5.79. The maximum Gasteiger partial charge on any atom is 0.316 e. The number of ether oxygens (including phenoxy) is 1. The highest BCUT2D eigenvalue weighted by molar-refractivity contribution is 8.01. The normalized spacial score (nSPS) is 19.5. The van der Waals surface area contributed by atoms with Gasteiger partial charge in [-0.15, -0.1) is 10.2 Å². The molecule has 1 aliphatic heterocycles. The van der Waals surface area contributed by atoms with Crippen LogP contribution in [0.3, 0.4) is 0 Å². The molecule has 2 aliphatic rings. The topological polar surface area (TPSA) is 122 Å². The number of nitrogens with two attached hydrogens (primary N) is 1. The van der Waals surface area contributed by atoms with Crippen LogP contribution in [0.25, 0.3) is 0 Å². The highest BCUT2D eigenvalue weighted by Gasteiger charge is 2.45. The van der Waals surface area contributed by atoms with Crippen molar-refractivity contribution in [3.8, 4) is 6.07 Å². The van der Waals surface area contributed by atoms with Crippen molar-refractivity contribution < 1.29 is 18.7 Å². The van der Waals surface area contributed by atoms with Crippen molar-refractivity contribution >= 4 is 40.0 Å². The number of carbonyl (C=O) groups excluding carboxylic acids is 2. The smallest absolute Gasteiger partial charge is 0.316 e. The minimum atomic E-state index is -0.693. The Morgan fingerprint density at radius 1 is 1.34 bits per heavy atom. The molecule has 0 amide bonds. The number of ketones is 1. The van der Waals surface area contributed by atoms with Crippen LogP contribution in [-0.2, 0) is 14.3 Å². The van der Waals surface area contributed by atoms with Gasteiger partial charge in [-0.2, -0.15) is 5.26 Å². The monoisotopic (exact) mass is 513 g/mol. The van der Waals surface area contributed by atoms with E-state index in [4.69, 9.17) is 10.5 Å². The molecule has 1 atom stereocenters. The molecule has 0 spiro atoms. The first-order valence-corrected chi connectivity index (χ1v) is 12.8. The van der Waals surface area contributed by atoms with Gasteiger partial charge in [0.25, 0.3) is 0 Å². The van der Waals surface area contributed by atoms with Gasteiger partial charge in [-0.25, -0.2) is 4.39 Å². The second-order valence-electron chi connectivity index (χ2n) is 8.98. The number of hydrogen-bond donors (Lipinski definition) is 1. The number of allylic oxidation sites excluding steroid dienone is 3. The van der Waals surface area contributed by atoms with Gasteiger partial charge in [0.05, 0.1) is 29.9 Å². The van der Waals surface area contributed by atoms with Gasteiger partial charge in [-0.1, -0.05) is 49.1 Å². The Bertz CT molecular complexity index is 1280. The van der Waals surface area contributed by atoms with Crippen LogP contribution in [0.5, 0.6) is 0 Å². The molecule has 2 N–H and O–H groups in total. The van der Waals surface area contributed by atoms with E-state index in [0.717, 1.165) is 0 Å². The maximum atomic E-state index is 13.6. The van der Waals surface area contributed by atoms with Gasteiger partial charge in [0, 0.05) is 17.7 Å². The van der Waals surface area contributed by atoms with Gasteiger partial charge in [-0.3, -0.25) is 14.5 Å². The molecule has 2 heterocycles. The molecular formula is C24H24FN5O3S2. The zero-order valence-corrected chi connectivity index (χ0v) is 21.1. The minimum absolute atomic E-state index is 0.0859. The van der Waals surface area contributed by atoms with E-state index in [2.05, 4.69) is 16.3 Å². The van der Waals surface area contributed by atoms with Crippen LogP contribution in [0.4, 0.5) is 9.52 Å². The summed E-state index contributed by atoms with van der Waals surface area (Å²) in [6, 6.07) is 7.94. The zero-order chi connectivity index (χ0) is 25.3. The van der Waals surface area contributed by atoms with Gasteiger partial charge in [0.1, 0.15) is 11.6 Å². The standard InChI is InChI=1S/C24H24FN5O3S2/c1-4-33-18(32)12-34-23-29-28-22(35-23)30-16-9-24(2,3)10-17(31)20(16)19(15(11-26)21(30)27)13-5-7-14(25)8-6-13/h5-8,19H,4,9-10,12,27H2,1-3H3. The molecule has 1 aromatic carbocycles. The lowest BCUT2D eigenvalue weighted by Gasteiger charge is -2.42. The second kappa shape index (κ2) is 9.79. The van der Waals surface area contributed by atoms with Crippen molar-refractivity contribution in [1.82, 2.24) is 10.2 Å². The van der Waals surface area contributed by atoms with Crippen LogP contribution >= 0.6 is 23.1 Å². The zero-order valence-electron chi connectivity index (χ0n) is 19.5. The van der Waals surface area contributed by atoms with E-state index < -0.39 is 11.7 Å². The van der Waals surface area contributed by atoms with E-state index in [0.29, 0.717) is 45.8 Å². The van der Waals surface area contributed by atoms with Crippen LogP contribution in [0.1, 0.15) is 45.1 Å². The van der Waals surface area contributed by atoms with Gasteiger partial charge in [0.15, 0.2) is 10.1 Å². The summed E-state index contributed by atoms with van der Waals surface area (Å²) < 4.78 is 19.1. The van der Waals surface area contributed by atoms with Crippen molar-refractivity contribution in [2.45, 2.75) is 43.9 Å². The number of esters is 1. The van der Waals surface area contributed by atoms with Crippen molar-refractivity contribution in [3.63, 3.8) is 0 Å². The molecule has 0 saturated carbocycles. The van der Waals surface area contributed by atoms with Crippen LogP contribution < -0.4 is 10.6 Å². The number of nitriles is 1. The Labute approximate surface area is 210 Å². The maximum absolute atomic E-state index is 13.6. The average molecular weight is 514 g/mol. The molecule has 11 heteroatoms.